The summed E-state index contributed by atoms with van der Waals surface area (Å²) in [7, 11) is 3.21. The van der Waals surface area contributed by atoms with Crippen molar-refractivity contribution in [3.05, 3.63) is 42.6 Å². The van der Waals surface area contributed by atoms with Crippen LogP contribution in [0, 0.1) is 0 Å². The molecule has 0 radical (unpaired) electrons. The summed E-state index contributed by atoms with van der Waals surface area (Å²) in [5, 5.41) is 13.0. The van der Waals surface area contributed by atoms with Crippen molar-refractivity contribution in [2.45, 2.75) is 31.9 Å². The molecule has 34 heavy (non-hydrogen) atoms. The van der Waals surface area contributed by atoms with Gasteiger partial charge in [-0.2, -0.15) is 0 Å². The highest BCUT2D eigenvalue weighted by Crippen LogP contribution is 2.38. The van der Waals surface area contributed by atoms with Gasteiger partial charge in [0.2, 0.25) is 5.88 Å². The Kier molecular flexibility index (Phi) is 5.89. The van der Waals surface area contributed by atoms with E-state index in [0.717, 1.165) is 0 Å². The van der Waals surface area contributed by atoms with E-state index in [1.54, 1.807) is 26.5 Å². The van der Waals surface area contributed by atoms with Crippen LogP contribution in [0.5, 0.6) is 17.4 Å². The van der Waals surface area contributed by atoms with Gasteiger partial charge in [-0.3, -0.25) is 4.57 Å². The lowest BCUT2D eigenvalue weighted by atomic mass is 9.90. The van der Waals surface area contributed by atoms with E-state index in [2.05, 4.69) is 15.3 Å². The number of hydrogen-bond donors (Lipinski definition) is 2. The van der Waals surface area contributed by atoms with E-state index >= 15 is 0 Å². The number of pyridine rings is 1. The van der Waals surface area contributed by atoms with Crippen molar-refractivity contribution in [1.82, 2.24) is 24.5 Å². The molecule has 10 nitrogen and oxygen atoms in total. The minimum Gasteiger partial charge on any atom is -0.494 e. The highest BCUT2D eigenvalue weighted by molar-refractivity contribution is 5.80. The minimum absolute atomic E-state index is 0.155. The van der Waals surface area contributed by atoms with E-state index in [4.69, 9.17) is 24.2 Å². The average molecular weight is 463 g/mol. The Balaban J connectivity index is 1.73. The first-order valence-electron chi connectivity index (χ1n) is 11.1. The van der Waals surface area contributed by atoms with E-state index in [-0.39, 0.29) is 12.1 Å². The zero-order valence-corrected chi connectivity index (χ0v) is 19.2. The summed E-state index contributed by atoms with van der Waals surface area (Å²) < 4.78 is 18.8. The average Bonchev–Trinajstić information content (AvgIpc) is 3.21. The number of aliphatic hydroxyl groups excluding tert-OH is 1. The molecule has 3 aromatic heterocycles. The van der Waals surface area contributed by atoms with E-state index in [1.807, 2.05) is 41.8 Å². The van der Waals surface area contributed by atoms with Gasteiger partial charge in [0, 0.05) is 12.1 Å². The number of aromatic nitrogens is 5. The van der Waals surface area contributed by atoms with Gasteiger partial charge in [0.15, 0.2) is 17.1 Å². The maximum atomic E-state index is 9.63. The number of fused-ring (bicyclic) bond motifs is 1. The van der Waals surface area contributed by atoms with Crippen LogP contribution in [0.2, 0.25) is 0 Å². The molecule has 0 atom stereocenters. The third-order valence-electron chi connectivity index (χ3n) is 5.71. The van der Waals surface area contributed by atoms with Crippen molar-refractivity contribution in [2.75, 3.05) is 26.1 Å². The molecule has 176 valence electrons. The molecule has 3 heterocycles. The van der Waals surface area contributed by atoms with Crippen LogP contribution in [0.25, 0.3) is 28.5 Å². The lowest BCUT2D eigenvalue weighted by molar-refractivity contribution is 0.0835. The van der Waals surface area contributed by atoms with Crippen LogP contribution in [0.15, 0.2) is 42.6 Å². The predicted octanol–water partition coefficient (Wildman–Crippen LogP) is 3.23. The molecule has 0 aliphatic heterocycles. The number of nitrogens with one attached hydrogen (secondary N) is 1. The summed E-state index contributed by atoms with van der Waals surface area (Å²) >= 11 is 0. The fourth-order valence-corrected chi connectivity index (χ4v) is 4.04. The van der Waals surface area contributed by atoms with Crippen LogP contribution >= 0.6 is 0 Å². The van der Waals surface area contributed by atoms with Crippen molar-refractivity contribution in [3.63, 3.8) is 0 Å². The minimum atomic E-state index is -0.271. The Bertz CT molecular complexity index is 1300. The van der Waals surface area contributed by atoms with E-state index < -0.39 is 0 Å². The summed E-state index contributed by atoms with van der Waals surface area (Å²) in [4.78, 5) is 18.8. The van der Waals surface area contributed by atoms with Gasteiger partial charge in [0.25, 0.3) is 0 Å². The Morgan fingerprint density at radius 1 is 1.03 bits per heavy atom. The predicted molar refractivity (Wildman–Crippen MR) is 127 cm³/mol. The maximum Gasteiger partial charge on any atom is 0.213 e. The van der Waals surface area contributed by atoms with E-state index in [0.29, 0.717) is 71.1 Å². The Labute approximate surface area is 196 Å². The number of aliphatic hydroxyl groups is 1. The van der Waals surface area contributed by atoms with Crippen LogP contribution in [0.3, 0.4) is 0 Å². The summed E-state index contributed by atoms with van der Waals surface area (Å²) in [5.41, 5.74) is 2.20. The van der Waals surface area contributed by atoms with Gasteiger partial charge in [-0.05, 0) is 38.0 Å². The Morgan fingerprint density at radius 3 is 2.44 bits per heavy atom. The number of anilines is 1. The quantitative estimate of drug-likeness (QED) is 0.407. The molecule has 2 N–H and O–H groups in total. The van der Waals surface area contributed by atoms with Crippen LogP contribution in [0.4, 0.5) is 5.82 Å². The second-order valence-corrected chi connectivity index (χ2v) is 7.94. The second kappa shape index (κ2) is 9.14. The molecule has 1 saturated carbocycles. The van der Waals surface area contributed by atoms with Crippen LogP contribution in [0.1, 0.15) is 19.8 Å². The Hall–Kier alpha value is -3.92. The number of nitrogens with zero attached hydrogens (tertiary/aromatic N) is 5. The normalized spacial score (nSPS) is 17.3. The van der Waals surface area contributed by atoms with E-state index in [9.17, 15) is 5.11 Å². The number of benzene rings is 1. The van der Waals surface area contributed by atoms with Crippen molar-refractivity contribution in [3.8, 4) is 34.6 Å². The second-order valence-electron chi connectivity index (χ2n) is 7.94. The van der Waals surface area contributed by atoms with Gasteiger partial charge in [0.05, 0.1) is 33.1 Å². The molecule has 10 heteroatoms. The van der Waals surface area contributed by atoms with Crippen LogP contribution in [-0.4, -0.2) is 62.6 Å². The van der Waals surface area contributed by atoms with E-state index in [1.165, 1.54) is 0 Å². The first kappa shape index (κ1) is 21.9. The molecule has 0 spiro atoms. The molecule has 5 rings (SSSR count). The highest BCUT2D eigenvalue weighted by atomic mass is 16.5. The van der Waals surface area contributed by atoms with Crippen LogP contribution < -0.4 is 19.5 Å². The highest BCUT2D eigenvalue weighted by Gasteiger charge is 2.28. The molecule has 4 aromatic rings. The molecule has 0 unspecified atom stereocenters. The molecule has 0 amide bonds. The summed E-state index contributed by atoms with van der Waals surface area (Å²) in [5.74, 6) is 2.79. The molecule has 1 aliphatic carbocycles. The molecule has 1 aromatic carbocycles. The summed E-state index contributed by atoms with van der Waals surface area (Å²) in [6.45, 7) is 2.41. The monoisotopic (exact) mass is 462 g/mol. The lowest BCUT2D eigenvalue weighted by Crippen LogP contribution is -2.39. The number of methoxy groups -OCH3 is 2. The third-order valence-corrected chi connectivity index (χ3v) is 5.71. The fraction of sp³-hybridized carbons (Fsp3) is 0.333. The number of rotatable bonds is 8. The maximum absolute atomic E-state index is 9.63. The van der Waals surface area contributed by atoms with Gasteiger partial charge < -0.3 is 24.6 Å². The van der Waals surface area contributed by atoms with Gasteiger partial charge in [-0.15, -0.1) is 0 Å². The smallest absolute Gasteiger partial charge is 0.213 e. The number of para-hydroxylation sites is 1. The van der Waals surface area contributed by atoms with Crippen molar-refractivity contribution < 1.29 is 19.3 Å². The first-order chi connectivity index (χ1) is 16.6. The van der Waals surface area contributed by atoms with Crippen LogP contribution in [-0.2, 0) is 0 Å². The molecule has 1 aliphatic rings. The summed E-state index contributed by atoms with van der Waals surface area (Å²) in [6, 6.07) is 11.2. The van der Waals surface area contributed by atoms with Gasteiger partial charge >= 0.3 is 0 Å². The topological polar surface area (TPSA) is 116 Å². The van der Waals surface area contributed by atoms with Crippen molar-refractivity contribution in [2.24, 2.45) is 0 Å². The molecule has 0 bridgehead atoms. The molecule has 0 saturated heterocycles. The standard InChI is InChI=1S/C24H26N6O4/c1-4-34-20-10-5-7-16(27-20)23-29-22-24(28-19(13-25-22)26-14-11-15(31)12-14)30(23)21-17(32-2)8-6-9-18(21)33-3/h5-10,13-15,31H,4,11-12H2,1-3H3,(H,26,28)/t14-,15-. The van der Waals surface area contributed by atoms with Gasteiger partial charge in [0.1, 0.15) is 28.7 Å². The Morgan fingerprint density at radius 2 is 1.76 bits per heavy atom. The zero-order valence-electron chi connectivity index (χ0n) is 19.2. The zero-order chi connectivity index (χ0) is 23.7. The van der Waals surface area contributed by atoms with Gasteiger partial charge in [-0.1, -0.05) is 12.1 Å². The first-order valence-corrected chi connectivity index (χ1v) is 11.1. The fourth-order valence-electron chi connectivity index (χ4n) is 4.04. The largest absolute Gasteiger partial charge is 0.494 e. The van der Waals surface area contributed by atoms with Crippen molar-refractivity contribution >= 4 is 17.1 Å². The van der Waals surface area contributed by atoms with Gasteiger partial charge in [-0.25, -0.2) is 19.9 Å². The number of hydrogen-bond acceptors (Lipinski definition) is 9. The summed E-state index contributed by atoms with van der Waals surface area (Å²) in [6.07, 6.45) is 2.74. The number of imidazole rings is 1. The molecule has 1 fully saturated rings. The number of ether oxygens (including phenoxy) is 3. The SMILES string of the molecule is CCOc1cccc(-c2nc3ncc(N[C@H]4C[C@H](O)C4)nc3n2-c2c(OC)cccc2OC)n1. The van der Waals surface area contributed by atoms with Crippen molar-refractivity contribution in [1.29, 1.82) is 0 Å². The molecular formula is C24H26N6O4. The lowest BCUT2D eigenvalue weighted by Gasteiger charge is -2.32. The molecular weight excluding hydrogens is 436 g/mol. The third kappa shape index (κ3) is 3.96.